The van der Waals surface area contributed by atoms with Crippen LogP contribution in [0, 0.1) is 0 Å². The second-order valence-electron chi connectivity index (χ2n) is 4.18. The summed E-state index contributed by atoms with van der Waals surface area (Å²) in [6, 6.07) is 7.02. The van der Waals surface area contributed by atoms with E-state index in [4.69, 9.17) is 29.6 Å². The fourth-order valence-electron chi connectivity index (χ4n) is 1.88. The molecule has 1 aliphatic rings. The summed E-state index contributed by atoms with van der Waals surface area (Å²) in [6.45, 7) is 0.208. The molecule has 2 N–H and O–H groups in total. The number of piperazine rings is 1. The molecule has 19 heavy (non-hydrogen) atoms. The van der Waals surface area contributed by atoms with Crippen LogP contribution in [0.2, 0.25) is 5.02 Å². The summed E-state index contributed by atoms with van der Waals surface area (Å²) in [5.74, 6) is -0.631. The predicted molar refractivity (Wildman–Crippen MR) is 77.2 cm³/mol. The third-order valence-corrected chi connectivity index (χ3v) is 3.11. The minimum absolute atomic E-state index is 0.00359. The van der Waals surface area contributed by atoms with E-state index in [1.54, 1.807) is 29.2 Å². The second-order valence-corrected chi connectivity index (χ2v) is 5.14. The molecule has 1 fully saturated rings. The molecular formula is C12H12ClN3O2S. The van der Waals surface area contributed by atoms with Crippen molar-refractivity contribution in [3.05, 3.63) is 29.3 Å². The Bertz CT molecular complexity index is 532. The molecular weight excluding hydrogens is 286 g/mol. The number of rotatable bonds is 3. The Balaban J connectivity index is 2.15. The summed E-state index contributed by atoms with van der Waals surface area (Å²) < 4.78 is 0. The minimum Gasteiger partial charge on any atom is -0.392 e. The lowest BCUT2D eigenvalue weighted by Crippen LogP contribution is -2.55. The highest BCUT2D eigenvalue weighted by Gasteiger charge is 2.31. The van der Waals surface area contributed by atoms with Gasteiger partial charge < -0.3 is 10.6 Å². The number of carbonyl (C=O) groups excluding carboxylic acids is 2. The monoisotopic (exact) mass is 297 g/mol. The minimum atomic E-state index is -0.316. The lowest BCUT2D eigenvalue weighted by Gasteiger charge is -2.33. The average molecular weight is 298 g/mol. The highest BCUT2D eigenvalue weighted by Crippen LogP contribution is 2.21. The van der Waals surface area contributed by atoms with Crippen LogP contribution in [0.1, 0.15) is 0 Å². The van der Waals surface area contributed by atoms with Gasteiger partial charge in [-0.2, -0.15) is 0 Å². The zero-order valence-electron chi connectivity index (χ0n) is 10.0. The van der Waals surface area contributed by atoms with E-state index in [-0.39, 0.29) is 36.4 Å². The topological polar surface area (TPSA) is 66.6 Å². The van der Waals surface area contributed by atoms with Crippen LogP contribution in [0.5, 0.6) is 0 Å². The van der Waals surface area contributed by atoms with Crippen LogP contribution in [0.3, 0.4) is 0 Å². The zero-order chi connectivity index (χ0) is 14.0. The van der Waals surface area contributed by atoms with Crippen molar-refractivity contribution in [3.8, 4) is 0 Å². The molecule has 0 saturated carbocycles. The molecule has 1 saturated heterocycles. The maximum absolute atomic E-state index is 11.9. The van der Waals surface area contributed by atoms with Crippen LogP contribution in [0.25, 0.3) is 0 Å². The van der Waals surface area contributed by atoms with Gasteiger partial charge in [-0.25, -0.2) is 0 Å². The molecule has 0 radical (unpaired) electrons. The van der Waals surface area contributed by atoms with Gasteiger partial charge in [0.15, 0.2) is 0 Å². The van der Waals surface area contributed by atoms with Gasteiger partial charge in [0.2, 0.25) is 11.8 Å². The third kappa shape index (κ3) is 3.21. The molecule has 0 unspecified atom stereocenters. The Morgan fingerprint density at radius 3 is 2.47 bits per heavy atom. The van der Waals surface area contributed by atoms with Crippen LogP contribution in [-0.4, -0.2) is 41.3 Å². The van der Waals surface area contributed by atoms with Crippen molar-refractivity contribution in [1.82, 2.24) is 4.90 Å². The maximum atomic E-state index is 11.9. The normalized spacial score (nSPS) is 15.8. The fourth-order valence-corrected chi connectivity index (χ4v) is 2.19. The largest absolute Gasteiger partial charge is 0.392 e. The van der Waals surface area contributed by atoms with Crippen LogP contribution in [0.15, 0.2) is 24.3 Å². The Morgan fingerprint density at radius 2 is 1.95 bits per heavy atom. The number of nitrogens with zero attached hydrogens (tertiary/aromatic N) is 2. The summed E-state index contributed by atoms with van der Waals surface area (Å²) >= 11 is 10.6. The van der Waals surface area contributed by atoms with Gasteiger partial charge in [0.25, 0.3) is 0 Å². The molecule has 1 heterocycles. The Labute approximate surface area is 120 Å². The Morgan fingerprint density at radius 1 is 1.32 bits per heavy atom. The van der Waals surface area contributed by atoms with Crippen molar-refractivity contribution in [2.75, 3.05) is 24.5 Å². The van der Waals surface area contributed by atoms with Gasteiger partial charge in [0.05, 0.1) is 24.6 Å². The maximum Gasteiger partial charge on any atom is 0.249 e. The SMILES string of the molecule is NC(=S)CN1C(=O)CN(c2cccc(Cl)c2)CC1=O. The van der Waals surface area contributed by atoms with Crippen molar-refractivity contribution in [3.63, 3.8) is 0 Å². The molecule has 1 aliphatic heterocycles. The number of carbonyl (C=O) groups is 2. The molecule has 1 aromatic rings. The average Bonchev–Trinajstić information content (AvgIpc) is 2.33. The number of imide groups is 1. The number of thiocarbonyl (C=S) groups is 1. The van der Waals surface area contributed by atoms with E-state index >= 15 is 0 Å². The first-order valence-corrected chi connectivity index (χ1v) is 6.38. The molecule has 2 rings (SSSR count). The number of amides is 2. The molecule has 0 aliphatic carbocycles. The summed E-state index contributed by atoms with van der Waals surface area (Å²) in [7, 11) is 0. The van der Waals surface area contributed by atoms with Gasteiger partial charge in [-0.1, -0.05) is 29.9 Å². The van der Waals surface area contributed by atoms with Crippen molar-refractivity contribution in [1.29, 1.82) is 0 Å². The molecule has 2 amide bonds. The molecule has 0 spiro atoms. The molecule has 100 valence electrons. The van der Waals surface area contributed by atoms with Crippen LogP contribution >= 0.6 is 23.8 Å². The van der Waals surface area contributed by atoms with Gasteiger partial charge in [0, 0.05) is 10.7 Å². The standard InChI is InChI=1S/C12H12ClN3O2S/c13-8-2-1-3-9(4-8)15-6-11(17)16(5-10(14)19)12(18)7-15/h1-4H,5-7H2,(H2,14,19). The van der Waals surface area contributed by atoms with E-state index in [1.165, 1.54) is 0 Å². The number of anilines is 1. The number of benzene rings is 1. The van der Waals surface area contributed by atoms with E-state index < -0.39 is 0 Å². The van der Waals surface area contributed by atoms with Crippen LogP contribution < -0.4 is 10.6 Å². The first-order valence-electron chi connectivity index (χ1n) is 5.59. The number of halogens is 1. The van der Waals surface area contributed by atoms with Crippen molar-refractivity contribution < 1.29 is 9.59 Å². The van der Waals surface area contributed by atoms with Crippen molar-refractivity contribution in [2.45, 2.75) is 0 Å². The first-order chi connectivity index (χ1) is 8.97. The fraction of sp³-hybridized carbons (Fsp3) is 0.250. The zero-order valence-corrected chi connectivity index (χ0v) is 11.6. The van der Waals surface area contributed by atoms with Gasteiger partial charge in [-0.05, 0) is 18.2 Å². The van der Waals surface area contributed by atoms with Gasteiger partial charge in [0.1, 0.15) is 0 Å². The van der Waals surface area contributed by atoms with E-state index in [0.717, 1.165) is 10.6 Å². The number of hydrogen-bond acceptors (Lipinski definition) is 4. The van der Waals surface area contributed by atoms with Crippen LogP contribution in [0.4, 0.5) is 5.69 Å². The van der Waals surface area contributed by atoms with E-state index in [0.29, 0.717) is 5.02 Å². The molecule has 0 aromatic heterocycles. The van der Waals surface area contributed by atoms with Gasteiger partial charge in [-0.15, -0.1) is 0 Å². The first kappa shape index (κ1) is 13.8. The summed E-state index contributed by atoms with van der Waals surface area (Å²) in [5, 5.41) is 0.558. The van der Waals surface area contributed by atoms with Gasteiger partial charge in [-0.3, -0.25) is 14.5 Å². The lowest BCUT2D eigenvalue weighted by molar-refractivity contribution is -0.144. The highest BCUT2D eigenvalue weighted by atomic mass is 35.5. The van der Waals surface area contributed by atoms with Gasteiger partial charge >= 0.3 is 0 Å². The smallest absolute Gasteiger partial charge is 0.249 e. The summed E-state index contributed by atoms with van der Waals surface area (Å²) in [5.41, 5.74) is 6.11. The lowest BCUT2D eigenvalue weighted by atomic mass is 10.2. The molecule has 0 bridgehead atoms. The Kier molecular flexibility index (Phi) is 4.01. The van der Waals surface area contributed by atoms with E-state index in [1.807, 2.05) is 0 Å². The van der Waals surface area contributed by atoms with Crippen molar-refractivity contribution >= 4 is 46.3 Å². The molecule has 5 nitrogen and oxygen atoms in total. The summed E-state index contributed by atoms with van der Waals surface area (Å²) in [4.78, 5) is 26.7. The Hall–Kier alpha value is -1.66. The quantitative estimate of drug-likeness (QED) is 0.660. The number of nitrogens with two attached hydrogens (primary N) is 1. The number of hydrogen-bond donors (Lipinski definition) is 1. The molecule has 0 atom stereocenters. The third-order valence-electron chi connectivity index (χ3n) is 2.74. The van der Waals surface area contributed by atoms with Crippen LogP contribution in [-0.2, 0) is 9.59 Å². The van der Waals surface area contributed by atoms with Crippen molar-refractivity contribution in [2.24, 2.45) is 5.73 Å². The second kappa shape index (κ2) is 5.54. The highest BCUT2D eigenvalue weighted by molar-refractivity contribution is 7.80. The summed E-state index contributed by atoms with van der Waals surface area (Å²) in [6.07, 6.45) is 0. The van der Waals surface area contributed by atoms with E-state index in [2.05, 4.69) is 0 Å². The van der Waals surface area contributed by atoms with E-state index in [9.17, 15) is 9.59 Å². The predicted octanol–water partition coefficient (Wildman–Crippen LogP) is 0.801. The molecule has 1 aromatic carbocycles. The molecule has 7 heteroatoms.